The minimum absolute atomic E-state index is 0.126. The first-order valence-electron chi connectivity index (χ1n) is 3.62. The largest absolute Gasteiger partial charge is 0.275 e. The third kappa shape index (κ3) is 2.16. The average molecular weight is 213 g/mol. The number of nitro benzene ring substituents is 1. The van der Waals surface area contributed by atoms with Gasteiger partial charge in [-0.3, -0.25) is 10.1 Å². The summed E-state index contributed by atoms with van der Waals surface area (Å²) in [5, 5.41) is 10.8. The summed E-state index contributed by atoms with van der Waals surface area (Å²) in [4.78, 5) is 23.1. The van der Waals surface area contributed by atoms with Crippen molar-refractivity contribution in [1.29, 1.82) is 0 Å². The van der Waals surface area contributed by atoms with E-state index in [1.54, 1.807) is 0 Å². The molecule has 0 aliphatic carbocycles. The first-order chi connectivity index (χ1) is 6.66. The van der Waals surface area contributed by atoms with Crippen LogP contribution in [0.5, 0.6) is 0 Å². The normalized spacial score (nSPS) is 9.21. The molecule has 0 heterocycles. The first-order valence-corrected chi connectivity index (χ1v) is 4.00. The highest BCUT2D eigenvalue weighted by Gasteiger charge is 2.15. The summed E-state index contributed by atoms with van der Waals surface area (Å²) in [7, 11) is 0. The Bertz CT molecular complexity index is 413. The number of halogens is 1. The van der Waals surface area contributed by atoms with E-state index in [0.717, 1.165) is 0 Å². The van der Waals surface area contributed by atoms with E-state index in [4.69, 9.17) is 11.6 Å². The predicted molar refractivity (Wildman–Crippen MR) is 49.9 cm³/mol. The van der Waals surface area contributed by atoms with Gasteiger partial charge in [0, 0.05) is 6.07 Å². The van der Waals surface area contributed by atoms with E-state index in [1.807, 2.05) is 0 Å². The lowest BCUT2D eigenvalue weighted by Crippen LogP contribution is -1.95. The maximum absolute atomic E-state index is 10.5. The number of hydrogen-bond donors (Lipinski definition) is 0. The Morgan fingerprint density at radius 3 is 2.86 bits per heavy atom. The van der Waals surface area contributed by atoms with Gasteiger partial charge >= 0.3 is 0 Å². The molecule has 0 spiro atoms. The van der Waals surface area contributed by atoms with Gasteiger partial charge in [0.15, 0.2) is 0 Å². The van der Waals surface area contributed by atoms with Gasteiger partial charge in [0.2, 0.25) is 6.08 Å². The second-order valence-corrected chi connectivity index (χ2v) is 2.81. The number of aliphatic imine (C=N–C) groups is 1. The van der Waals surface area contributed by atoms with Crippen molar-refractivity contribution in [1.82, 2.24) is 0 Å². The second-order valence-electron chi connectivity index (χ2n) is 2.40. The zero-order valence-corrected chi connectivity index (χ0v) is 7.69. The molecule has 0 amide bonds. The Hall–Kier alpha value is -1.71. The maximum atomic E-state index is 10.5. The van der Waals surface area contributed by atoms with E-state index in [-0.39, 0.29) is 22.8 Å². The third-order valence-electron chi connectivity index (χ3n) is 1.59. The molecule has 0 saturated carbocycles. The lowest BCUT2D eigenvalue weighted by atomic mass is 10.2. The molecule has 14 heavy (non-hydrogen) atoms. The summed E-state index contributed by atoms with van der Waals surface area (Å²) < 4.78 is 0. The van der Waals surface area contributed by atoms with Gasteiger partial charge in [-0.2, -0.15) is 0 Å². The molecule has 1 aromatic carbocycles. The molecule has 0 fully saturated rings. The van der Waals surface area contributed by atoms with Crippen molar-refractivity contribution in [3.8, 4) is 0 Å². The Balaban J connectivity index is 3.21. The molecule has 0 atom stereocenters. The molecular formula is C8H5ClN2O3. The zero-order valence-electron chi connectivity index (χ0n) is 6.94. The van der Waals surface area contributed by atoms with Crippen LogP contribution in [0.25, 0.3) is 0 Å². The molecule has 5 nitrogen and oxygen atoms in total. The first kappa shape index (κ1) is 10.4. The van der Waals surface area contributed by atoms with Gasteiger partial charge in [-0.05, 0) is 6.07 Å². The van der Waals surface area contributed by atoms with Crippen LogP contribution >= 0.6 is 11.6 Å². The Morgan fingerprint density at radius 2 is 2.29 bits per heavy atom. The van der Waals surface area contributed by atoms with Gasteiger partial charge in [-0.15, -0.1) is 0 Å². The molecular weight excluding hydrogens is 208 g/mol. The van der Waals surface area contributed by atoms with Crippen molar-refractivity contribution in [2.75, 3.05) is 0 Å². The number of hydrogen-bond acceptors (Lipinski definition) is 4. The fraction of sp³-hybridized carbons (Fsp3) is 0.125. The van der Waals surface area contributed by atoms with Crippen LogP contribution in [-0.4, -0.2) is 11.0 Å². The molecule has 1 rings (SSSR count). The Kier molecular flexibility index (Phi) is 3.34. The van der Waals surface area contributed by atoms with Crippen LogP contribution < -0.4 is 0 Å². The highest BCUT2D eigenvalue weighted by molar-refractivity contribution is 6.31. The number of nitrogens with zero attached hydrogens (tertiary/aromatic N) is 2. The highest BCUT2D eigenvalue weighted by atomic mass is 35.5. The van der Waals surface area contributed by atoms with Crippen LogP contribution in [0.3, 0.4) is 0 Å². The van der Waals surface area contributed by atoms with E-state index in [9.17, 15) is 14.9 Å². The van der Waals surface area contributed by atoms with Crippen molar-refractivity contribution in [2.24, 2.45) is 4.99 Å². The number of benzene rings is 1. The summed E-state index contributed by atoms with van der Waals surface area (Å²) in [5.74, 6) is 0. The number of carbonyl (C=O) groups excluding carboxylic acids is 1. The van der Waals surface area contributed by atoms with Crippen LogP contribution in [0.4, 0.5) is 5.69 Å². The highest BCUT2D eigenvalue weighted by Crippen LogP contribution is 2.26. The van der Waals surface area contributed by atoms with Crippen LogP contribution in [-0.2, 0) is 11.3 Å². The molecule has 0 radical (unpaired) electrons. The van der Waals surface area contributed by atoms with E-state index in [1.165, 1.54) is 24.3 Å². The van der Waals surface area contributed by atoms with Gasteiger partial charge in [0.1, 0.15) is 0 Å². The van der Waals surface area contributed by atoms with E-state index in [0.29, 0.717) is 0 Å². The average Bonchev–Trinajstić information content (AvgIpc) is 2.15. The minimum Gasteiger partial charge on any atom is -0.258 e. The van der Waals surface area contributed by atoms with Crippen LogP contribution in [0, 0.1) is 10.1 Å². The molecule has 72 valence electrons. The molecule has 1 aromatic rings. The molecule has 0 unspecified atom stereocenters. The second kappa shape index (κ2) is 4.50. The number of nitro groups is 1. The van der Waals surface area contributed by atoms with Crippen molar-refractivity contribution in [3.63, 3.8) is 0 Å². The predicted octanol–water partition coefficient (Wildman–Crippen LogP) is 2.08. The third-order valence-corrected chi connectivity index (χ3v) is 1.95. The Labute approximate surface area is 84.2 Å². The number of isocyanates is 1. The molecule has 0 aliphatic rings. The quantitative estimate of drug-likeness (QED) is 0.333. The fourth-order valence-electron chi connectivity index (χ4n) is 0.986. The molecule has 0 aliphatic heterocycles. The van der Waals surface area contributed by atoms with Gasteiger partial charge in [-0.1, -0.05) is 17.7 Å². The van der Waals surface area contributed by atoms with E-state index < -0.39 is 4.92 Å². The van der Waals surface area contributed by atoms with Crippen LogP contribution in [0.15, 0.2) is 23.2 Å². The summed E-state index contributed by atoms with van der Waals surface area (Å²) in [6.45, 7) is -0.126. The van der Waals surface area contributed by atoms with E-state index in [2.05, 4.69) is 4.99 Å². The standard InChI is InChI=1S/C8H5ClN2O3/c9-7-2-1-3-8(11(13)14)6(7)4-10-5-12/h1-3H,4H2. The van der Waals surface area contributed by atoms with Crippen LogP contribution in [0.2, 0.25) is 5.02 Å². The molecule has 0 bridgehead atoms. The van der Waals surface area contributed by atoms with Gasteiger partial charge in [-0.25, -0.2) is 9.79 Å². The summed E-state index contributed by atoms with van der Waals surface area (Å²) in [6, 6.07) is 4.28. The van der Waals surface area contributed by atoms with Gasteiger partial charge in [0.25, 0.3) is 5.69 Å². The lowest BCUT2D eigenvalue weighted by molar-refractivity contribution is -0.385. The lowest BCUT2D eigenvalue weighted by Gasteiger charge is -2.00. The van der Waals surface area contributed by atoms with Gasteiger partial charge in [0.05, 0.1) is 22.1 Å². The molecule has 6 heteroatoms. The van der Waals surface area contributed by atoms with Crippen LogP contribution in [0.1, 0.15) is 5.56 Å². The smallest absolute Gasteiger partial charge is 0.258 e. The summed E-state index contributed by atoms with van der Waals surface area (Å²) in [6.07, 6.45) is 1.30. The SMILES string of the molecule is O=C=NCc1c(Cl)cccc1[N+](=O)[O-]. The molecule has 0 saturated heterocycles. The van der Waals surface area contributed by atoms with Crippen molar-refractivity contribution in [3.05, 3.63) is 38.9 Å². The topological polar surface area (TPSA) is 72.6 Å². The summed E-state index contributed by atoms with van der Waals surface area (Å²) in [5.41, 5.74) is 0.0824. The van der Waals surface area contributed by atoms with E-state index >= 15 is 0 Å². The van der Waals surface area contributed by atoms with Crippen molar-refractivity contribution < 1.29 is 9.72 Å². The molecule has 0 N–H and O–H groups in total. The zero-order chi connectivity index (χ0) is 10.6. The maximum Gasteiger partial charge on any atom is 0.275 e. The molecule has 0 aromatic heterocycles. The monoisotopic (exact) mass is 212 g/mol. The minimum atomic E-state index is -0.568. The van der Waals surface area contributed by atoms with Crippen molar-refractivity contribution >= 4 is 23.4 Å². The number of rotatable bonds is 3. The van der Waals surface area contributed by atoms with Gasteiger partial charge < -0.3 is 0 Å². The fourth-order valence-corrected chi connectivity index (χ4v) is 1.22. The summed E-state index contributed by atoms with van der Waals surface area (Å²) >= 11 is 5.71. The Morgan fingerprint density at radius 1 is 1.57 bits per heavy atom. The van der Waals surface area contributed by atoms with Crippen molar-refractivity contribution in [2.45, 2.75) is 6.54 Å².